The van der Waals surface area contributed by atoms with Crippen LogP contribution in [0.4, 0.5) is 0 Å². The number of carbonyl (C=O) groups excluding carboxylic acids is 2. The Morgan fingerprint density at radius 1 is 1.11 bits per heavy atom. The Kier molecular flexibility index (Phi) is 6.45. The maximum absolute atomic E-state index is 13.0. The molecule has 3 aromatic rings. The second kappa shape index (κ2) is 10.1. The number of likely N-dealkylation sites (tertiary alicyclic amines) is 1. The van der Waals surface area contributed by atoms with E-state index in [0.717, 1.165) is 48.8 Å². The zero-order chi connectivity index (χ0) is 26.2. The number of nitrogens with one attached hydrogen (secondary N) is 1. The van der Waals surface area contributed by atoms with E-state index in [9.17, 15) is 9.59 Å². The molecule has 2 amide bonds. The summed E-state index contributed by atoms with van der Waals surface area (Å²) < 4.78 is 2.16. The van der Waals surface area contributed by atoms with Gasteiger partial charge in [-0.3, -0.25) is 15.0 Å². The Morgan fingerprint density at radius 3 is 2.74 bits per heavy atom. The van der Waals surface area contributed by atoms with E-state index in [1.165, 1.54) is 27.9 Å². The maximum atomic E-state index is 13.0. The Labute approximate surface area is 225 Å². The molecule has 0 unspecified atom stereocenters. The lowest BCUT2D eigenvalue weighted by molar-refractivity contribution is -0.130. The van der Waals surface area contributed by atoms with E-state index in [0.29, 0.717) is 16.8 Å². The molecule has 38 heavy (non-hydrogen) atoms. The second-order valence-corrected chi connectivity index (χ2v) is 10.9. The number of hydrazone groups is 1. The molecule has 1 N–H and O–H groups in total. The normalized spacial score (nSPS) is 18.7. The molecule has 0 aliphatic carbocycles. The number of aromatic nitrogens is 1. The molecule has 0 radical (unpaired) electrons. The molecule has 192 valence electrons. The molecule has 4 heterocycles. The monoisotopic (exact) mass is 524 g/mol. The number of aryl methyl sites for hydroxylation is 1. The van der Waals surface area contributed by atoms with Gasteiger partial charge in [-0.25, -0.2) is 0 Å². The number of amides is 2. The van der Waals surface area contributed by atoms with Crippen LogP contribution in [-0.4, -0.2) is 55.4 Å². The molecule has 1 aromatic heterocycles. The lowest BCUT2D eigenvalue weighted by Crippen LogP contribution is -2.36. The molecule has 2 aromatic carbocycles. The van der Waals surface area contributed by atoms with Gasteiger partial charge < -0.3 is 9.47 Å². The van der Waals surface area contributed by atoms with Crippen molar-refractivity contribution in [2.75, 3.05) is 13.1 Å². The number of fused-ring (bicyclic) bond motifs is 2. The fraction of sp³-hybridized carbons (Fsp3) is 0.276. The van der Waals surface area contributed by atoms with E-state index < -0.39 is 5.91 Å². The number of carbonyl (C=O) groups is 2. The molecule has 0 saturated carbocycles. The number of hydrogen-bond acceptors (Lipinski definition) is 5. The molecule has 3 aliphatic rings. The first-order valence-electron chi connectivity index (χ1n) is 12.9. The number of rotatable bonds is 5. The molecule has 0 atom stereocenters. The molecule has 6 rings (SSSR count). The van der Waals surface area contributed by atoms with Gasteiger partial charge in [0.1, 0.15) is 5.04 Å². The highest BCUT2D eigenvalue weighted by molar-refractivity contribution is 8.27. The third-order valence-corrected chi connectivity index (χ3v) is 7.97. The van der Waals surface area contributed by atoms with Crippen molar-refractivity contribution in [3.8, 4) is 0 Å². The summed E-state index contributed by atoms with van der Waals surface area (Å²) in [6, 6.07) is 16.5. The summed E-state index contributed by atoms with van der Waals surface area (Å²) in [6.45, 7) is 4.33. The Bertz CT molecular complexity index is 1560. The standard InChI is InChI=1S/C29H28N6O2S/c1-19-8-7-9-20(14-19)17-34-18-21(22-10-3-4-11-24(22)34)15-23-27(30)35-29(31-28(23)37)38-25(32-35)16-26(36)33-12-5-2-6-13-33/h3-4,7-11,14-15,18,30H,2,5-6,12-13,16-17H2,1H3. The zero-order valence-corrected chi connectivity index (χ0v) is 22.0. The van der Waals surface area contributed by atoms with Crippen LogP contribution in [0.1, 0.15) is 42.4 Å². The van der Waals surface area contributed by atoms with Gasteiger partial charge in [0.05, 0.1) is 12.0 Å². The van der Waals surface area contributed by atoms with Gasteiger partial charge in [0.25, 0.3) is 5.91 Å². The predicted molar refractivity (Wildman–Crippen MR) is 152 cm³/mol. The van der Waals surface area contributed by atoms with Crippen LogP contribution in [0.25, 0.3) is 17.0 Å². The van der Waals surface area contributed by atoms with Gasteiger partial charge in [-0.05, 0) is 55.7 Å². The summed E-state index contributed by atoms with van der Waals surface area (Å²) >= 11 is 1.20. The van der Waals surface area contributed by atoms with Gasteiger partial charge in [-0.15, -0.1) is 0 Å². The van der Waals surface area contributed by atoms with Gasteiger partial charge in [-0.1, -0.05) is 48.0 Å². The van der Waals surface area contributed by atoms with Crippen molar-refractivity contribution in [2.45, 2.75) is 39.2 Å². The summed E-state index contributed by atoms with van der Waals surface area (Å²) in [7, 11) is 0. The minimum Gasteiger partial charge on any atom is -0.342 e. The Balaban J connectivity index is 1.28. The molecule has 1 fully saturated rings. The van der Waals surface area contributed by atoms with Crippen molar-refractivity contribution < 1.29 is 9.59 Å². The summed E-state index contributed by atoms with van der Waals surface area (Å²) in [5.74, 6) is -0.460. The van der Waals surface area contributed by atoms with Gasteiger partial charge >= 0.3 is 0 Å². The van der Waals surface area contributed by atoms with E-state index in [-0.39, 0.29) is 23.7 Å². The minimum absolute atomic E-state index is 0.0246. The van der Waals surface area contributed by atoms with Crippen LogP contribution < -0.4 is 0 Å². The number of thioether (sulfide) groups is 1. The van der Waals surface area contributed by atoms with E-state index in [4.69, 9.17) is 5.41 Å². The number of amidine groups is 2. The smallest absolute Gasteiger partial charge is 0.283 e. The summed E-state index contributed by atoms with van der Waals surface area (Å²) in [5.41, 5.74) is 4.47. The van der Waals surface area contributed by atoms with Gasteiger partial charge in [0, 0.05) is 42.3 Å². The van der Waals surface area contributed by atoms with Crippen molar-refractivity contribution >= 4 is 56.6 Å². The molecule has 9 heteroatoms. The highest BCUT2D eigenvalue weighted by atomic mass is 32.2. The largest absolute Gasteiger partial charge is 0.342 e. The first-order valence-corrected chi connectivity index (χ1v) is 13.7. The van der Waals surface area contributed by atoms with E-state index in [1.807, 2.05) is 29.3 Å². The number of piperidine rings is 1. The summed E-state index contributed by atoms with van der Waals surface area (Å²) in [6.07, 6.45) is 7.12. The highest BCUT2D eigenvalue weighted by Gasteiger charge is 2.36. The van der Waals surface area contributed by atoms with Gasteiger partial charge in [0.2, 0.25) is 11.1 Å². The van der Waals surface area contributed by atoms with Crippen molar-refractivity contribution in [3.05, 3.63) is 77.0 Å². The summed E-state index contributed by atoms with van der Waals surface area (Å²) in [4.78, 5) is 31.8. The second-order valence-electron chi connectivity index (χ2n) is 9.85. The minimum atomic E-state index is -0.469. The average Bonchev–Trinajstić information content (AvgIpc) is 3.48. The van der Waals surface area contributed by atoms with E-state index in [2.05, 4.69) is 51.9 Å². The summed E-state index contributed by atoms with van der Waals surface area (Å²) in [5, 5.41) is 16.5. The van der Waals surface area contributed by atoms with Crippen LogP contribution in [0.15, 0.2) is 70.4 Å². The fourth-order valence-corrected chi connectivity index (χ4v) is 6.05. The number of benzene rings is 2. The number of nitrogens with zero attached hydrogens (tertiary/aromatic N) is 5. The highest BCUT2D eigenvalue weighted by Crippen LogP contribution is 2.31. The number of para-hydroxylation sites is 1. The van der Waals surface area contributed by atoms with Crippen LogP contribution in [0.3, 0.4) is 0 Å². The quantitative estimate of drug-likeness (QED) is 0.474. The molecule has 0 bridgehead atoms. The topological polar surface area (TPSA) is 94.1 Å². The molecule has 8 nitrogen and oxygen atoms in total. The Morgan fingerprint density at radius 2 is 1.92 bits per heavy atom. The Hall–Kier alpha value is -3.98. The predicted octanol–water partition coefficient (Wildman–Crippen LogP) is 5.02. The fourth-order valence-electron chi connectivity index (χ4n) is 5.17. The third-order valence-electron chi connectivity index (χ3n) is 7.06. The third kappa shape index (κ3) is 4.69. The number of aliphatic imine (C=N–C) groups is 1. The van der Waals surface area contributed by atoms with Crippen molar-refractivity contribution in [1.82, 2.24) is 14.5 Å². The number of hydrogen-bond donors (Lipinski definition) is 1. The van der Waals surface area contributed by atoms with Crippen molar-refractivity contribution in [2.24, 2.45) is 10.1 Å². The van der Waals surface area contributed by atoms with Gasteiger partial charge in [-0.2, -0.15) is 15.1 Å². The zero-order valence-electron chi connectivity index (χ0n) is 21.2. The maximum Gasteiger partial charge on any atom is 0.283 e. The van der Waals surface area contributed by atoms with Crippen molar-refractivity contribution in [3.63, 3.8) is 0 Å². The molecular weight excluding hydrogens is 496 g/mol. The van der Waals surface area contributed by atoms with Crippen LogP contribution in [0.5, 0.6) is 0 Å². The van der Waals surface area contributed by atoms with Crippen LogP contribution in [0.2, 0.25) is 0 Å². The first kappa shape index (κ1) is 24.4. The molecule has 3 aliphatic heterocycles. The molecular formula is C29H28N6O2S. The SMILES string of the molecule is Cc1cccc(Cn2cc(C=C3C(=N)N4N=C(CC(=O)N5CCCCC5)SC4=NC3=O)c3ccccc32)c1. The van der Waals surface area contributed by atoms with E-state index in [1.54, 1.807) is 6.08 Å². The first-order chi connectivity index (χ1) is 18.5. The van der Waals surface area contributed by atoms with E-state index >= 15 is 0 Å². The van der Waals surface area contributed by atoms with Crippen LogP contribution >= 0.6 is 11.8 Å². The molecule has 1 saturated heterocycles. The molecule has 0 spiro atoms. The lowest BCUT2D eigenvalue weighted by atomic mass is 10.1. The average molecular weight is 525 g/mol. The van der Waals surface area contributed by atoms with Gasteiger partial charge in [0.15, 0.2) is 5.84 Å². The lowest BCUT2D eigenvalue weighted by Gasteiger charge is -2.26. The van der Waals surface area contributed by atoms with Crippen LogP contribution in [-0.2, 0) is 16.1 Å². The van der Waals surface area contributed by atoms with Crippen molar-refractivity contribution in [1.29, 1.82) is 5.41 Å². The van der Waals surface area contributed by atoms with Crippen LogP contribution in [0, 0.1) is 12.3 Å².